The van der Waals surface area contributed by atoms with Crippen molar-refractivity contribution >= 4 is 17.8 Å². The number of terminal acetylenes is 1. The van der Waals surface area contributed by atoms with Crippen LogP contribution in [0.4, 0.5) is 0 Å². The molecule has 0 unspecified atom stereocenters. The second-order valence-electron chi connectivity index (χ2n) is 4.25. The molecular formula is C17H15ClN2O. The molecule has 2 aromatic rings. The van der Waals surface area contributed by atoms with E-state index in [1.54, 1.807) is 6.21 Å². The molecule has 0 heterocycles. The summed E-state index contributed by atoms with van der Waals surface area (Å²) < 4.78 is 5.30. The first-order valence-corrected chi connectivity index (χ1v) is 6.83. The van der Waals surface area contributed by atoms with Crippen molar-refractivity contribution in [2.75, 3.05) is 6.61 Å². The molecule has 21 heavy (non-hydrogen) atoms. The van der Waals surface area contributed by atoms with Crippen molar-refractivity contribution in [1.29, 1.82) is 0 Å². The highest BCUT2D eigenvalue weighted by molar-refractivity contribution is 6.31. The molecule has 0 aliphatic carbocycles. The van der Waals surface area contributed by atoms with E-state index in [0.29, 0.717) is 6.54 Å². The standard InChI is InChI=1S/C17H15ClN2O/c1-2-11-21-16-9-7-14(8-10-16)12-19-20-13-15-5-3-4-6-17(15)18/h1,3-10,12,20H,11,13H2/b19-12-. The summed E-state index contributed by atoms with van der Waals surface area (Å²) in [5, 5.41) is 4.89. The van der Waals surface area contributed by atoms with Gasteiger partial charge in [-0.1, -0.05) is 35.7 Å². The molecule has 0 spiro atoms. The quantitative estimate of drug-likeness (QED) is 0.503. The first-order valence-electron chi connectivity index (χ1n) is 6.45. The largest absolute Gasteiger partial charge is 0.481 e. The molecule has 0 saturated heterocycles. The summed E-state index contributed by atoms with van der Waals surface area (Å²) in [6, 6.07) is 15.2. The van der Waals surface area contributed by atoms with E-state index in [0.717, 1.165) is 21.9 Å². The summed E-state index contributed by atoms with van der Waals surface area (Å²) in [7, 11) is 0. The Morgan fingerprint density at radius 1 is 1.19 bits per heavy atom. The molecule has 0 saturated carbocycles. The Morgan fingerprint density at radius 3 is 2.67 bits per heavy atom. The van der Waals surface area contributed by atoms with Gasteiger partial charge in [0.2, 0.25) is 0 Å². The van der Waals surface area contributed by atoms with Crippen molar-refractivity contribution in [3.63, 3.8) is 0 Å². The second-order valence-corrected chi connectivity index (χ2v) is 4.65. The van der Waals surface area contributed by atoms with Gasteiger partial charge in [-0.2, -0.15) is 5.10 Å². The van der Waals surface area contributed by atoms with E-state index < -0.39 is 0 Å². The number of nitrogens with one attached hydrogen (secondary N) is 1. The fourth-order valence-corrected chi connectivity index (χ4v) is 1.87. The van der Waals surface area contributed by atoms with Crippen LogP contribution in [0, 0.1) is 12.3 Å². The minimum atomic E-state index is 0.271. The van der Waals surface area contributed by atoms with E-state index in [1.807, 2.05) is 48.5 Å². The molecule has 0 amide bonds. The first kappa shape index (κ1) is 15.0. The fourth-order valence-electron chi connectivity index (χ4n) is 1.67. The summed E-state index contributed by atoms with van der Waals surface area (Å²) in [5.74, 6) is 3.17. The van der Waals surface area contributed by atoms with Gasteiger partial charge in [0.15, 0.2) is 0 Å². The van der Waals surface area contributed by atoms with Crippen LogP contribution in [-0.2, 0) is 6.54 Å². The van der Waals surface area contributed by atoms with Gasteiger partial charge in [-0.15, -0.1) is 6.42 Å². The van der Waals surface area contributed by atoms with Gasteiger partial charge >= 0.3 is 0 Å². The number of nitrogens with zero attached hydrogens (tertiary/aromatic N) is 1. The van der Waals surface area contributed by atoms with Crippen molar-refractivity contribution in [2.24, 2.45) is 5.10 Å². The van der Waals surface area contributed by atoms with Gasteiger partial charge in [-0.05, 0) is 41.5 Å². The van der Waals surface area contributed by atoms with Crippen LogP contribution in [0.15, 0.2) is 53.6 Å². The highest BCUT2D eigenvalue weighted by Gasteiger charge is 1.96. The third-order valence-corrected chi connectivity index (χ3v) is 3.10. The van der Waals surface area contributed by atoms with E-state index in [4.69, 9.17) is 22.8 Å². The summed E-state index contributed by atoms with van der Waals surface area (Å²) in [6.07, 6.45) is 6.87. The van der Waals surface area contributed by atoms with Gasteiger partial charge in [0.1, 0.15) is 12.4 Å². The number of hydrazone groups is 1. The van der Waals surface area contributed by atoms with Crippen LogP contribution < -0.4 is 10.2 Å². The van der Waals surface area contributed by atoms with Crippen LogP contribution in [0.2, 0.25) is 5.02 Å². The van der Waals surface area contributed by atoms with E-state index in [-0.39, 0.29) is 6.61 Å². The number of ether oxygens (including phenoxy) is 1. The van der Waals surface area contributed by atoms with Gasteiger partial charge in [0, 0.05) is 5.02 Å². The predicted molar refractivity (Wildman–Crippen MR) is 86.7 cm³/mol. The minimum Gasteiger partial charge on any atom is -0.481 e. The molecule has 0 aliphatic heterocycles. The predicted octanol–water partition coefficient (Wildman–Crippen LogP) is 3.48. The molecule has 3 nitrogen and oxygen atoms in total. The highest BCUT2D eigenvalue weighted by Crippen LogP contribution is 2.14. The number of rotatable bonds is 6. The molecule has 0 radical (unpaired) electrons. The van der Waals surface area contributed by atoms with Gasteiger partial charge in [-0.25, -0.2) is 0 Å². The lowest BCUT2D eigenvalue weighted by Gasteiger charge is -2.03. The van der Waals surface area contributed by atoms with E-state index in [9.17, 15) is 0 Å². The van der Waals surface area contributed by atoms with Gasteiger partial charge in [-0.3, -0.25) is 0 Å². The lowest BCUT2D eigenvalue weighted by Crippen LogP contribution is -2.05. The van der Waals surface area contributed by atoms with Gasteiger partial charge in [0.05, 0.1) is 12.8 Å². The molecule has 0 atom stereocenters. The Bertz CT molecular complexity index is 645. The van der Waals surface area contributed by atoms with Crippen molar-refractivity contribution in [2.45, 2.75) is 6.54 Å². The Balaban J connectivity index is 1.84. The zero-order valence-electron chi connectivity index (χ0n) is 11.4. The van der Waals surface area contributed by atoms with Crippen LogP contribution in [0.25, 0.3) is 0 Å². The molecule has 2 aromatic carbocycles. The highest BCUT2D eigenvalue weighted by atomic mass is 35.5. The van der Waals surface area contributed by atoms with Crippen molar-refractivity contribution < 1.29 is 4.74 Å². The molecular weight excluding hydrogens is 284 g/mol. The zero-order valence-corrected chi connectivity index (χ0v) is 12.2. The average Bonchev–Trinajstić information content (AvgIpc) is 2.52. The second kappa shape index (κ2) is 7.98. The average molecular weight is 299 g/mol. The fraction of sp³-hybridized carbons (Fsp3) is 0.118. The van der Waals surface area contributed by atoms with Crippen molar-refractivity contribution in [3.8, 4) is 18.1 Å². The molecule has 0 aromatic heterocycles. The molecule has 106 valence electrons. The first-order chi connectivity index (χ1) is 10.3. The van der Waals surface area contributed by atoms with Gasteiger partial charge < -0.3 is 10.2 Å². The van der Waals surface area contributed by atoms with Crippen LogP contribution in [0.3, 0.4) is 0 Å². The summed E-state index contributed by atoms with van der Waals surface area (Å²) in [5.41, 5.74) is 4.94. The van der Waals surface area contributed by atoms with Crippen LogP contribution >= 0.6 is 11.6 Å². The molecule has 1 N–H and O–H groups in total. The molecule has 0 aliphatic rings. The Morgan fingerprint density at radius 2 is 1.95 bits per heavy atom. The van der Waals surface area contributed by atoms with Crippen molar-refractivity contribution in [1.82, 2.24) is 5.43 Å². The Hall–Kier alpha value is -2.44. The molecule has 4 heteroatoms. The van der Waals surface area contributed by atoms with E-state index in [2.05, 4.69) is 16.4 Å². The summed E-state index contributed by atoms with van der Waals surface area (Å²) >= 11 is 6.06. The topological polar surface area (TPSA) is 33.6 Å². The Labute approximate surface area is 129 Å². The van der Waals surface area contributed by atoms with E-state index in [1.165, 1.54) is 0 Å². The number of halogens is 1. The van der Waals surface area contributed by atoms with E-state index >= 15 is 0 Å². The van der Waals surface area contributed by atoms with Crippen LogP contribution in [0.5, 0.6) is 5.75 Å². The maximum Gasteiger partial charge on any atom is 0.148 e. The third-order valence-electron chi connectivity index (χ3n) is 2.73. The van der Waals surface area contributed by atoms with Crippen molar-refractivity contribution in [3.05, 3.63) is 64.7 Å². The lowest BCUT2D eigenvalue weighted by molar-refractivity contribution is 0.370. The smallest absolute Gasteiger partial charge is 0.148 e. The monoisotopic (exact) mass is 298 g/mol. The number of hydrogen-bond donors (Lipinski definition) is 1. The third kappa shape index (κ3) is 4.87. The molecule has 2 rings (SSSR count). The maximum atomic E-state index is 6.06. The molecule has 0 fully saturated rings. The summed E-state index contributed by atoms with van der Waals surface area (Å²) in [4.78, 5) is 0. The normalized spacial score (nSPS) is 10.3. The summed E-state index contributed by atoms with van der Waals surface area (Å²) in [6.45, 7) is 0.854. The molecule has 0 bridgehead atoms. The SMILES string of the molecule is C#CCOc1ccc(/C=N\NCc2ccccc2Cl)cc1. The minimum absolute atomic E-state index is 0.271. The number of hydrogen-bond acceptors (Lipinski definition) is 3. The maximum absolute atomic E-state index is 6.06. The van der Waals surface area contributed by atoms with Crippen LogP contribution in [-0.4, -0.2) is 12.8 Å². The zero-order chi connectivity index (χ0) is 14.9. The Kier molecular flexibility index (Phi) is 5.69. The van der Waals surface area contributed by atoms with Gasteiger partial charge in [0.25, 0.3) is 0 Å². The lowest BCUT2D eigenvalue weighted by atomic mass is 10.2. The number of benzene rings is 2. The van der Waals surface area contributed by atoms with Crippen LogP contribution in [0.1, 0.15) is 11.1 Å².